The average molecular weight is 250 g/mol. The van der Waals surface area contributed by atoms with E-state index in [4.69, 9.17) is 10.8 Å². The zero-order valence-corrected chi connectivity index (χ0v) is 10.6. The third-order valence-corrected chi connectivity index (χ3v) is 2.72. The number of amides is 1. The van der Waals surface area contributed by atoms with Gasteiger partial charge < -0.3 is 15.7 Å². The van der Waals surface area contributed by atoms with Crippen LogP contribution in [-0.2, 0) is 4.79 Å². The molecule has 3 N–H and O–H groups in total. The van der Waals surface area contributed by atoms with E-state index in [2.05, 4.69) is 0 Å². The molecule has 0 saturated carbocycles. The summed E-state index contributed by atoms with van der Waals surface area (Å²) in [4.78, 5) is 24.5. The largest absolute Gasteiger partial charge is 0.481 e. The van der Waals surface area contributed by atoms with Crippen molar-refractivity contribution in [1.29, 1.82) is 0 Å². The maximum absolute atomic E-state index is 12.2. The van der Waals surface area contributed by atoms with E-state index < -0.39 is 11.9 Å². The van der Waals surface area contributed by atoms with Crippen molar-refractivity contribution < 1.29 is 14.7 Å². The van der Waals surface area contributed by atoms with Gasteiger partial charge in [-0.2, -0.15) is 0 Å². The van der Waals surface area contributed by atoms with E-state index in [0.717, 1.165) is 0 Å². The van der Waals surface area contributed by atoms with E-state index in [1.807, 2.05) is 6.92 Å². The predicted octanol–water partition coefficient (Wildman–Crippen LogP) is 1.45. The highest BCUT2D eigenvalue weighted by atomic mass is 16.4. The van der Waals surface area contributed by atoms with E-state index in [-0.39, 0.29) is 12.5 Å². The highest BCUT2D eigenvalue weighted by molar-refractivity contribution is 5.95. The van der Waals surface area contributed by atoms with Crippen LogP contribution in [0.15, 0.2) is 24.3 Å². The molecule has 1 atom stereocenters. The lowest BCUT2D eigenvalue weighted by Gasteiger charge is -2.23. The van der Waals surface area contributed by atoms with Crippen molar-refractivity contribution in [3.63, 3.8) is 0 Å². The first-order chi connectivity index (χ1) is 8.45. The van der Waals surface area contributed by atoms with Crippen LogP contribution in [0.25, 0.3) is 0 Å². The Bertz CT molecular complexity index is 446. The van der Waals surface area contributed by atoms with Gasteiger partial charge in [0.25, 0.3) is 5.91 Å². The van der Waals surface area contributed by atoms with E-state index in [1.165, 1.54) is 4.90 Å². The molecule has 0 bridgehead atoms. The molecule has 1 unspecified atom stereocenters. The van der Waals surface area contributed by atoms with Crippen molar-refractivity contribution >= 4 is 17.6 Å². The molecule has 0 fully saturated rings. The van der Waals surface area contributed by atoms with Gasteiger partial charge in [-0.1, -0.05) is 13.0 Å². The van der Waals surface area contributed by atoms with Crippen LogP contribution in [0, 0.1) is 5.92 Å². The molecule has 0 aliphatic rings. The fourth-order valence-electron chi connectivity index (χ4n) is 1.62. The van der Waals surface area contributed by atoms with Crippen LogP contribution in [0.5, 0.6) is 0 Å². The number of nitrogens with two attached hydrogens (primary N) is 1. The number of carbonyl (C=O) groups is 2. The number of aliphatic carboxylic acids is 1. The van der Waals surface area contributed by atoms with Crippen molar-refractivity contribution in [2.75, 3.05) is 18.8 Å². The molecule has 1 amide bonds. The summed E-state index contributed by atoms with van der Waals surface area (Å²) in [6.07, 6.45) is 0. The number of carbonyl (C=O) groups excluding carboxylic acids is 1. The fraction of sp³-hybridized carbons (Fsp3) is 0.385. The molecule has 1 aromatic rings. The SMILES string of the molecule is CCN(CC(C)C(=O)O)C(=O)c1cccc(N)c1. The lowest BCUT2D eigenvalue weighted by molar-refractivity contribution is -0.141. The minimum atomic E-state index is -0.908. The van der Waals surface area contributed by atoms with Crippen LogP contribution in [0.3, 0.4) is 0 Å². The van der Waals surface area contributed by atoms with Gasteiger partial charge >= 0.3 is 5.97 Å². The van der Waals surface area contributed by atoms with Gasteiger partial charge in [-0.15, -0.1) is 0 Å². The number of carboxylic acid groups (broad SMARTS) is 1. The Morgan fingerprint density at radius 1 is 1.44 bits per heavy atom. The first kappa shape index (κ1) is 14.0. The maximum atomic E-state index is 12.2. The summed E-state index contributed by atoms with van der Waals surface area (Å²) < 4.78 is 0. The van der Waals surface area contributed by atoms with Gasteiger partial charge in [-0.05, 0) is 25.1 Å². The molecular weight excluding hydrogens is 232 g/mol. The Morgan fingerprint density at radius 2 is 2.11 bits per heavy atom. The highest BCUT2D eigenvalue weighted by Crippen LogP contribution is 2.11. The second kappa shape index (κ2) is 6.05. The molecule has 0 aromatic heterocycles. The van der Waals surface area contributed by atoms with Crippen LogP contribution in [0.1, 0.15) is 24.2 Å². The van der Waals surface area contributed by atoms with Crippen LogP contribution in [0.4, 0.5) is 5.69 Å². The van der Waals surface area contributed by atoms with Crippen molar-refractivity contribution in [1.82, 2.24) is 4.90 Å². The summed E-state index contributed by atoms with van der Waals surface area (Å²) >= 11 is 0. The lowest BCUT2D eigenvalue weighted by Crippen LogP contribution is -2.36. The topological polar surface area (TPSA) is 83.6 Å². The summed E-state index contributed by atoms with van der Waals surface area (Å²) in [6, 6.07) is 6.67. The Kier molecular flexibility index (Phi) is 4.71. The fourth-order valence-corrected chi connectivity index (χ4v) is 1.62. The number of carboxylic acids is 1. The van der Waals surface area contributed by atoms with Gasteiger partial charge in [0, 0.05) is 24.3 Å². The normalized spacial score (nSPS) is 11.9. The van der Waals surface area contributed by atoms with Gasteiger partial charge in [0.15, 0.2) is 0 Å². The number of nitrogens with zero attached hydrogens (tertiary/aromatic N) is 1. The number of benzene rings is 1. The van der Waals surface area contributed by atoms with Crippen molar-refractivity contribution in [2.24, 2.45) is 5.92 Å². The number of hydrogen-bond donors (Lipinski definition) is 2. The molecule has 5 nitrogen and oxygen atoms in total. The van der Waals surface area contributed by atoms with Gasteiger partial charge in [0.2, 0.25) is 0 Å². The van der Waals surface area contributed by atoms with Crippen LogP contribution >= 0.6 is 0 Å². The average Bonchev–Trinajstić information content (AvgIpc) is 2.34. The summed E-state index contributed by atoms with van der Waals surface area (Å²) in [6.45, 7) is 4.06. The van der Waals surface area contributed by atoms with Gasteiger partial charge in [0.1, 0.15) is 0 Å². The van der Waals surface area contributed by atoms with E-state index >= 15 is 0 Å². The molecule has 5 heteroatoms. The monoisotopic (exact) mass is 250 g/mol. The Morgan fingerprint density at radius 3 is 2.61 bits per heavy atom. The van der Waals surface area contributed by atoms with Gasteiger partial charge in [0.05, 0.1) is 5.92 Å². The molecule has 0 aliphatic heterocycles. The second-order valence-corrected chi connectivity index (χ2v) is 4.21. The highest BCUT2D eigenvalue weighted by Gasteiger charge is 2.20. The summed E-state index contributed by atoms with van der Waals surface area (Å²) in [7, 11) is 0. The minimum Gasteiger partial charge on any atom is -0.481 e. The molecular formula is C13H18N2O3. The van der Waals surface area contributed by atoms with E-state index in [9.17, 15) is 9.59 Å². The predicted molar refractivity (Wildman–Crippen MR) is 69.2 cm³/mol. The standard InChI is InChI=1S/C13H18N2O3/c1-3-15(8-9(2)13(17)18)12(16)10-5-4-6-11(14)7-10/h4-7,9H,3,8,14H2,1-2H3,(H,17,18). The molecule has 1 aromatic carbocycles. The van der Waals surface area contributed by atoms with Crippen LogP contribution < -0.4 is 5.73 Å². The first-order valence-corrected chi connectivity index (χ1v) is 5.83. The maximum Gasteiger partial charge on any atom is 0.308 e. The number of anilines is 1. The van der Waals surface area contributed by atoms with Crippen LogP contribution in [0.2, 0.25) is 0 Å². The van der Waals surface area contributed by atoms with Crippen molar-refractivity contribution in [3.05, 3.63) is 29.8 Å². The van der Waals surface area contributed by atoms with Gasteiger partial charge in [-0.25, -0.2) is 0 Å². The summed E-state index contributed by atoms with van der Waals surface area (Å²) in [5.74, 6) is -1.69. The Balaban J connectivity index is 2.82. The zero-order valence-electron chi connectivity index (χ0n) is 10.6. The number of hydrogen-bond acceptors (Lipinski definition) is 3. The molecule has 1 rings (SSSR count). The third-order valence-electron chi connectivity index (χ3n) is 2.72. The van der Waals surface area contributed by atoms with E-state index in [1.54, 1.807) is 31.2 Å². The molecule has 0 spiro atoms. The zero-order chi connectivity index (χ0) is 13.7. The first-order valence-electron chi connectivity index (χ1n) is 5.83. The third kappa shape index (κ3) is 3.48. The quantitative estimate of drug-likeness (QED) is 0.775. The van der Waals surface area contributed by atoms with Crippen molar-refractivity contribution in [2.45, 2.75) is 13.8 Å². The molecule has 0 aliphatic carbocycles. The smallest absolute Gasteiger partial charge is 0.308 e. The van der Waals surface area contributed by atoms with Crippen molar-refractivity contribution in [3.8, 4) is 0 Å². The second-order valence-electron chi connectivity index (χ2n) is 4.21. The van der Waals surface area contributed by atoms with E-state index in [0.29, 0.717) is 17.8 Å². The van der Waals surface area contributed by atoms with Crippen LogP contribution in [-0.4, -0.2) is 35.0 Å². The number of nitrogen functional groups attached to an aromatic ring is 1. The molecule has 18 heavy (non-hydrogen) atoms. The Labute approximate surface area is 106 Å². The molecule has 98 valence electrons. The summed E-state index contributed by atoms with van der Waals surface area (Å²) in [5, 5.41) is 8.86. The van der Waals surface area contributed by atoms with Gasteiger partial charge in [-0.3, -0.25) is 9.59 Å². The summed E-state index contributed by atoms with van der Waals surface area (Å²) in [5.41, 5.74) is 6.62. The molecule has 0 saturated heterocycles. The molecule has 0 heterocycles. The number of rotatable bonds is 5. The molecule has 0 radical (unpaired) electrons. The minimum absolute atomic E-state index is 0.194. The lowest BCUT2D eigenvalue weighted by atomic mass is 10.1. The Hall–Kier alpha value is -2.04.